The van der Waals surface area contributed by atoms with Gasteiger partial charge in [-0.05, 0) is 25.5 Å². The average Bonchev–Trinajstić information content (AvgIpc) is 3.48. The van der Waals surface area contributed by atoms with Crippen LogP contribution >= 0.6 is 11.3 Å². The Hall–Kier alpha value is -2.22. The third-order valence-corrected chi connectivity index (χ3v) is 7.00. The summed E-state index contributed by atoms with van der Waals surface area (Å²) in [7, 11) is 2.20. The molecule has 0 bridgehead atoms. The summed E-state index contributed by atoms with van der Waals surface area (Å²) in [5.74, 6) is 0.0992. The number of carbonyl (C=O) groups is 1. The first-order valence-corrected chi connectivity index (χ1v) is 11.3. The number of fused-ring (bicyclic) bond motifs is 1. The third kappa shape index (κ3) is 3.58. The molecule has 2 saturated heterocycles. The second-order valence-corrected chi connectivity index (χ2v) is 8.98. The van der Waals surface area contributed by atoms with E-state index >= 15 is 0 Å². The lowest BCUT2D eigenvalue weighted by molar-refractivity contribution is 0.0773. The van der Waals surface area contributed by atoms with Gasteiger partial charge < -0.3 is 4.90 Å². The van der Waals surface area contributed by atoms with Gasteiger partial charge in [-0.1, -0.05) is 30.3 Å². The monoisotopic (exact) mass is 409 g/mol. The third-order valence-electron chi connectivity index (χ3n) is 6.25. The minimum atomic E-state index is 0.0992. The molecule has 0 spiro atoms. The van der Waals surface area contributed by atoms with Crippen LogP contribution in [0.1, 0.15) is 40.6 Å². The van der Waals surface area contributed by atoms with Crippen molar-refractivity contribution in [2.45, 2.75) is 25.4 Å². The smallest absolute Gasteiger partial charge is 0.274 e. The molecule has 1 aromatic carbocycles. The molecule has 3 aromatic rings. The Balaban J connectivity index is 1.41. The highest BCUT2D eigenvalue weighted by molar-refractivity contribution is 7.15. The van der Waals surface area contributed by atoms with Crippen LogP contribution in [0.5, 0.6) is 0 Å². The molecule has 6 nitrogen and oxygen atoms in total. The summed E-state index contributed by atoms with van der Waals surface area (Å²) in [5, 5.41) is 2.05. The lowest BCUT2D eigenvalue weighted by atomic mass is 10.0. The molecule has 2 aliphatic rings. The van der Waals surface area contributed by atoms with E-state index in [1.54, 1.807) is 11.3 Å². The van der Waals surface area contributed by atoms with Crippen molar-refractivity contribution in [2.24, 2.45) is 0 Å². The van der Waals surface area contributed by atoms with Crippen LogP contribution in [0.2, 0.25) is 0 Å². The number of likely N-dealkylation sites (N-methyl/N-ethyl adjacent to an activating group) is 1. The highest BCUT2D eigenvalue weighted by atomic mass is 32.1. The molecule has 0 aliphatic carbocycles. The van der Waals surface area contributed by atoms with Crippen molar-refractivity contribution in [1.82, 2.24) is 24.1 Å². The van der Waals surface area contributed by atoms with Crippen LogP contribution in [0.4, 0.5) is 0 Å². The number of amides is 1. The molecule has 7 heteroatoms. The fraction of sp³-hybridized carbons (Fsp3) is 0.455. The number of aromatic nitrogens is 2. The number of thiazole rings is 1. The Morgan fingerprint density at radius 2 is 1.93 bits per heavy atom. The van der Waals surface area contributed by atoms with Gasteiger partial charge in [0.1, 0.15) is 0 Å². The molecule has 0 N–H and O–H groups in total. The standard InChI is InChI=1S/C22H27N5OS/c1-24-11-12-25(15-18(24)17-7-3-2-4-8-17)16-19-20(21(28)26-9-5-6-10-26)23-22-27(19)13-14-29-22/h2-4,7-8,13-14,18H,5-6,9-12,15-16H2,1H3/t18-/m0/s1. The Morgan fingerprint density at radius 3 is 2.72 bits per heavy atom. The second kappa shape index (κ2) is 7.89. The van der Waals surface area contributed by atoms with Crippen LogP contribution < -0.4 is 0 Å². The van der Waals surface area contributed by atoms with E-state index in [-0.39, 0.29) is 5.91 Å². The van der Waals surface area contributed by atoms with Gasteiger partial charge in [-0.2, -0.15) is 0 Å². The van der Waals surface area contributed by atoms with Gasteiger partial charge in [0.2, 0.25) is 0 Å². The van der Waals surface area contributed by atoms with Crippen molar-refractivity contribution in [3.05, 3.63) is 58.9 Å². The predicted molar refractivity (Wildman–Crippen MR) is 115 cm³/mol. The average molecular weight is 410 g/mol. The number of hydrogen-bond acceptors (Lipinski definition) is 5. The molecule has 1 atom stereocenters. The first-order valence-electron chi connectivity index (χ1n) is 10.4. The predicted octanol–water partition coefficient (Wildman–Crippen LogP) is 3.12. The van der Waals surface area contributed by atoms with Crippen molar-refractivity contribution in [3.63, 3.8) is 0 Å². The lowest BCUT2D eigenvalue weighted by Gasteiger charge is -2.39. The SMILES string of the molecule is CN1CCN(Cc2c(C(=O)N3CCCC3)nc3sccn23)C[C@H]1c1ccccc1. The second-order valence-electron chi connectivity index (χ2n) is 8.10. The van der Waals surface area contributed by atoms with Gasteiger partial charge in [0.25, 0.3) is 5.91 Å². The highest BCUT2D eigenvalue weighted by Gasteiger charge is 2.30. The van der Waals surface area contributed by atoms with E-state index in [1.165, 1.54) is 5.56 Å². The summed E-state index contributed by atoms with van der Waals surface area (Å²) in [6, 6.07) is 11.1. The van der Waals surface area contributed by atoms with Gasteiger partial charge in [0, 0.05) is 56.9 Å². The Bertz CT molecular complexity index is 991. The highest BCUT2D eigenvalue weighted by Crippen LogP contribution is 2.27. The number of carbonyl (C=O) groups excluding carboxylic acids is 1. The number of rotatable bonds is 4. The van der Waals surface area contributed by atoms with Crippen LogP contribution in [-0.4, -0.2) is 69.8 Å². The molecule has 2 aliphatic heterocycles. The van der Waals surface area contributed by atoms with E-state index in [0.29, 0.717) is 11.7 Å². The number of piperazine rings is 1. The summed E-state index contributed by atoms with van der Waals surface area (Å²) in [6.07, 6.45) is 4.24. The van der Waals surface area contributed by atoms with Crippen LogP contribution in [0.3, 0.4) is 0 Å². The van der Waals surface area contributed by atoms with Crippen molar-refractivity contribution in [1.29, 1.82) is 0 Å². The molecule has 0 radical (unpaired) electrons. The normalized spacial score (nSPS) is 21.3. The minimum Gasteiger partial charge on any atom is -0.337 e. The lowest BCUT2D eigenvalue weighted by Crippen LogP contribution is -2.46. The maximum absolute atomic E-state index is 13.1. The first-order chi connectivity index (χ1) is 14.2. The van der Waals surface area contributed by atoms with Crippen LogP contribution in [0, 0.1) is 0 Å². The van der Waals surface area contributed by atoms with E-state index in [4.69, 9.17) is 4.98 Å². The molecule has 2 fully saturated rings. The fourth-order valence-corrected chi connectivity index (χ4v) is 5.28. The number of likely N-dealkylation sites (tertiary alicyclic amines) is 1. The molecule has 5 rings (SSSR count). The van der Waals surface area contributed by atoms with E-state index < -0.39 is 0 Å². The van der Waals surface area contributed by atoms with Gasteiger partial charge in [-0.15, -0.1) is 11.3 Å². The van der Waals surface area contributed by atoms with Crippen molar-refractivity contribution >= 4 is 22.2 Å². The quantitative estimate of drug-likeness (QED) is 0.664. The zero-order valence-corrected chi connectivity index (χ0v) is 17.6. The van der Waals surface area contributed by atoms with Gasteiger partial charge >= 0.3 is 0 Å². The molecular formula is C22H27N5OS. The van der Waals surface area contributed by atoms with E-state index in [1.807, 2.05) is 16.5 Å². The van der Waals surface area contributed by atoms with Crippen LogP contribution in [-0.2, 0) is 6.54 Å². The minimum absolute atomic E-state index is 0.0992. The Labute approximate surface area is 175 Å². The zero-order valence-electron chi connectivity index (χ0n) is 16.8. The topological polar surface area (TPSA) is 44.1 Å². The Kier molecular flexibility index (Phi) is 5.11. The number of nitrogens with zero attached hydrogens (tertiary/aromatic N) is 5. The van der Waals surface area contributed by atoms with Crippen molar-refractivity contribution < 1.29 is 4.79 Å². The summed E-state index contributed by atoms with van der Waals surface area (Å²) < 4.78 is 2.11. The Morgan fingerprint density at radius 1 is 1.14 bits per heavy atom. The van der Waals surface area contributed by atoms with Crippen LogP contribution in [0.15, 0.2) is 41.9 Å². The zero-order chi connectivity index (χ0) is 19.8. The fourth-order valence-electron chi connectivity index (χ4n) is 4.55. The summed E-state index contributed by atoms with van der Waals surface area (Å²) in [4.78, 5) is 25.7. The van der Waals surface area contributed by atoms with Crippen molar-refractivity contribution in [3.8, 4) is 0 Å². The molecule has 152 valence electrons. The number of imidazole rings is 1. The molecule has 2 aromatic heterocycles. The summed E-state index contributed by atoms with van der Waals surface area (Å²) in [6.45, 7) is 5.43. The first kappa shape index (κ1) is 18.8. The molecule has 1 amide bonds. The van der Waals surface area contributed by atoms with E-state index in [2.05, 4.69) is 51.6 Å². The van der Waals surface area contributed by atoms with Gasteiger partial charge in [-0.3, -0.25) is 19.0 Å². The largest absolute Gasteiger partial charge is 0.337 e. The molecule has 0 saturated carbocycles. The number of hydrogen-bond donors (Lipinski definition) is 0. The molecule has 4 heterocycles. The van der Waals surface area contributed by atoms with Crippen molar-refractivity contribution in [2.75, 3.05) is 39.8 Å². The van der Waals surface area contributed by atoms with Gasteiger partial charge in [-0.25, -0.2) is 4.98 Å². The van der Waals surface area contributed by atoms with E-state index in [9.17, 15) is 4.79 Å². The molecular weight excluding hydrogens is 382 g/mol. The summed E-state index contributed by atoms with van der Waals surface area (Å²) >= 11 is 1.60. The van der Waals surface area contributed by atoms with E-state index in [0.717, 1.165) is 62.8 Å². The maximum Gasteiger partial charge on any atom is 0.274 e. The van der Waals surface area contributed by atoms with Crippen LogP contribution in [0.25, 0.3) is 4.96 Å². The maximum atomic E-state index is 13.1. The summed E-state index contributed by atoms with van der Waals surface area (Å²) in [5.41, 5.74) is 3.03. The van der Waals surface area contributed by atoms with Gasteiger partial charge in [0.15, 0.2) is 10.7 Å². The number of benzene rings is 1. The van der Waals surface area contributed by atoms with Gasteiger partial charge in [0.05, 0.1) is 5.69 Å². The molecule has 0 unspecified atom stereocenters. The molecule has 29 heavy (non-hydrogen) atoms.